The zero-order valence-electron chi connectivity index (χ0n) is 9.54. The van der Waals surface area contributed by atoms with Crippen molar-refractivity contribution in [3.63, 3.8) is 0 Å². The molecule has 3 rings (SSSR count). The summed E-state index contributed by atoms with van der Waals surface area (Å²) in [6.07, 6.45) is 5.49. The lowest BCUT2D eigenvalue weighted by Gasteiger charge is -2.19. The Balaban J connectivity index is 1.71. The molecule has 0 aromatic carbocycles. The number of aromatic nitrogens is 1. The number of piperidine rings is 1. The Morgan fingerprint density at radius 1 is 1.12 bits per heavy atom. The predicted octanol–water partition coefficient (Wildman–Crippen LogP) is 1.22. The van der Waals surface area contributed by atoms with E-state index in [1.165, 1.54) is 19.3 Å². The maximum Gasteiger partial charge on any atom is 0.198 e. The Morgan fingerprint density at radius 3 is 2.75 bits per heavy atom. The van der Waals surface area contributed by atoms with E-state index in [2.05, 4.69) is 15.6 Å². The second-order valence-electron chi connectivity index (χ2n) is 4.84. The summed E-state index contributed by atoms with van der Waals surface area (Å²) in [5.41, 5.74) is 1.14. The van der Waals surface area contributed by atoms with E-state index >= 15 is 0 Å². The molecule has 4 heteroatoms. The van der Waals surface area contributed by atoms with E-state index in [1.54, 1.807) is 0 Å². The highest BCUT2D eigenvalue weighted by molar-refractivity contribution is 5.09. The standard InChI is InChI=1S/C12H19N3O/c1-2-10(7-13-4-1)12-15-11(8-16-12)9-3-5-14-6-9/h8-10,13-14H,1-7H2. The molecule has 0 aliphatic carbocycles. The summed E-state index contributed by atoms with van der Waals surface area (Å²) >= 11 is 0. The average Bonchev–Trinajstić information content (AvgIpc) is 3.01. The minimum absolute atomic E-state index is 0.483. The van der Waals surface area contributed by atoms with Crippen molar-refractivity contribution in [2.24, 2.45) is 0 Å². The highest BCUT2D eigenvalue weighted by Crippen LogP contribution is 2.26. The molecule has 88 valence electrons. The highest BCUT2D eigenvalue weighted by atomic mass is 16.3. The second kappa shape index (κ2) is 4.55. The first kappa shape index (κ1) is 10.3. The molecule has 0 bridgehead atoms. The number of hydrogen-bond acceptors (Lipinski definition) is 4. The van der Waals surface area contributed by atoms with Crippen molar-refractivity contribution < 1.29 is 4.42 Å². The summed E-state index contributed by atoms with van der Waals surface area (Å²) in [6, 6.07) is 0. The first-order valence-electron chi connectivity index (χ1n) is 6.30. The maximum atomic E-state index is 5.64. The van der Waals surface area contributed by atoms with E-state index in [9.17, 15) is 0 Å². The molecule has 2 saturated heterocycles. The van der Waals surface area contributed by atoms with Gasteiger partial charge in [-0.1, -0.05) is 0 Å². The third-order valence-electron chi connectivity index (χ3n) is 3.66. The molecule has 1 aromatic rings. The van der Waals surface area contributed by atoms with E-state index in [0.717, 1.165) is 37.8 Å². The molecule has 2 unspecified atom stereocenters. The number of oxazole rings is 1. The zero-order chi connectivity index (χ0) is 10.8. The van der Waals surface area contributed by atoms with Gasteiger partial charge in [0.15, 0.2) is 5.89 Å². The topological polar surface area (TPSA) is 50.1 Å². The monoisotopic (exact) mass is 221 g/mol. The van der Waals surface area contributed by atoms with Crippen LogP contribution in [0.2, 0.25) is 0 Å². The Bertz CT molecular complexity index is 338. The predicted molar refractivity (Wildman–Crippen MR) is 61.6 cm³/mol. The van der Waals surface area contributed by atoms with Gasteiger partial charge < -0.3 is 15.1 Å². The number of rotatable bonds is 2. The molecule has 3 heterocycles. The van der Waals surface area contributed by atoms with Gasteiger partial charge >= 0.3 is 0 Å². The Labute approximate surface area is 95.8 Å². The van der Waals surface area contributed by atoms with Crippen molar-refractivity contribution in [2.75, 3.05) is 26.2 Å². The fraction of sp³-hybridized carbons (Fsp3) is 0.750. The van der Waals surface area contributed by atoms with Crippen LogP contribution in [0.5, 0.6) is 0 Å². The molecular formula is C12H19N3O. The fourth-order valence-electron chi connectivity index (χ4n) is 2.65. The van der Waals surface area contributed by atoms with Crippen molar-refractivity contribution in [1.82, 2.24) is 15.6 Å². The minimum Gasteiger partial charge on any atom is -0.448 e. The van der Waals surface area contributed by atoms with Crippen LogP contribution in [0, 0.1) is 0 Å². The van der Waals surface area contributed by atoms with Crippen LogP contribution in [0.25, 0.3) is 0 Å². The van der Waals surface area contributed by atoms with Gasteiger partial charge in [-0.3, -0.25) is 0 Å². The quantitative estimate of drug-likeness (QED) is 0.788. The molecule has 2 aliphatic heterocycles. The van der Waals surface area contributed by atoms with Crippen molar-refractivity contribution in [3.05, 3.63) is 17.8 Å². The summed E-state index contributed by atoms with van der Waals surface area (Å²) < 4.78 is 5.64. The smallest absolute Gasteiger partial charge is 0.198 e. The molecule has 2 fully saturated rings. The second-order valence-corrected chi connectivity index (χ2v) is 4.84. The van der Waals surface area contributed by atoms with Crippen molar-refractivity contribution in [1.29, 1.82) is 0 Å². The molecular weight excluding hydrogens is 202 g/mol. The van der Waals surface area contributed by atoms with Gasteiger partial charge in [-0.25, -0.2) is 4.98 Å². The van der Waals surface area contributed by atoms with Crippen LogP contribution in [0.3, 0.4) is 0 Å². The molecule has 1 aromatic heterocycles. The highest BCUT2D eigenvalue weighted by Gasteiger charge is 2.24. The Hall–Kier alpha value is -0.870. The molecule has 4 nitrogen and oxygen atoms in total. The van der Waals surface area contributed by atoms with E-state index in [-0.39, 0.29) is 0 Å². The van der Waals surface area contributed by atoms with E-state index in [1.807, 2.05) is 6.26 Å². The Kier molecular flexibility index (Phi) is 2.93. The summed E-state index contributed by atoms with van der Waals surface area (Å²) in [6.45, 7) is 4.31. The van der Waals surface area contributed by atoms with Gasteiger partial charge in [-0.05, 0) is 32.4 Å². The van der Waals surface area contributed by atoms with Crippen molar-refractivity contribution in [2.45, 2.75) is 31.1 Å². The van der Waals surface area contributed by atoms with E-state index < -0.39 is 0 Å². The maximum absolute atomic E-state index is 5.64. The van der Waals surface area contributed by atoms with Crippen molar-refractivity contribution in [3.8, 4) is 0 Å². The van der Waals surface area contributed by atoms with E-state index in [0.29, 0.717) is 11.8 Å². The van der Waals surface area contributed by atoms with Crippen LogP contribution in [-0.4, -0.2) is 31.2 Å². The largest absolute Gasteiger partial charge is 0.448 e. The molecule has 0 amide bonds. The lowest BCUT2D eigenvalue weighted by molar-refractivity contribution is 0.376. The van der Waals surface area contributed by atoms with Gasteiger partial charge in [0.1, 0.15) is 6.26 Å². The minimum atomic E-state index is 0.483. The number of nitrogens with zero attached hydrogens (tertiary/aromatic N) is 1. The van der Waals surface area contributed by atoms with Gasteiger partial charge in [-0.15, -0.1) is 0 Å². The molecule has 0 radical (unpaired) electrons. The SMILES string of the molecule is c1oc(C2CCCNC2)nc1C1CCNC1. The molecule has 2 N–H and O–H groups in total. The van der Waals surface area contributed by atoms with Crippen LogP contribution in [0.4, 0.5) is 0 Å². The van der Waals surface area contributed by atoms with Gasteiger partial charge in [0, 0.05) is 24.9 Å². The fourth-order valence-corrected chi connectivity index (χ4v) is 2.65. The average molecular weight is 221 g/mol. The molecule has 0 saturated carbocycles. The van der Waals surface area contributed by atoms with Gasteiger partial charge in [0.25, 0.3) is 0 Å². The van der Waals surface area contributed by atoms with Crippen LogP contribution in [0.1, 0.15) is 42.7 Å². The molecule has 2 aliphatic rings. The number of hydrogen-bond donors (Lipinski definition) is 2. The van der Waals surface area contributed by atoms with E-state index in [4.69, 9.17) is 4.42 Å². The molecule has 0 spiro atoms. The third-order valence-corrected chi connectivity index (χ3v) is 3.66. The molecule has 2 atom stereocenters. The summed E-state index contributed by atoms with van der Waals surface area (Å²) in [5, 5.41) is 6.77. The van der Waals surface area contributed by atoms with Crippen LogP contribution < -0.4 is 10.6 Å². The van der Waals surface area contributed by atoms with Gasteiger partial charge in [-0.2, -0.15) is 0 Å². The van der Waals surface area contributed by atoms with Gasteiger partial charge in [0.05, 0.1) is 5.69 Å². The first-order chi connectivity index (χ1) is 7.93. The first-order valence-corrected chi connectivity index (χ1v) is 6.30. The number of nitrogens with one attached hydrogen (secondary N) is 2. The summed E-state index contributed by atoms with van der Waals surface area (Å²) in [5.74, 6) is 1.99. The zero-order valence-corrected chi connectivity index (χ0v) is 9.54. The van der Waals surface area contributed by atoms with Crippen LogP contribution >= 0.6 is 0 Å². The summed E-state index contributed by atoms with van der Waals surface area (Å²) in [4.78, 5) is 4.67. The molecule has 16 heavy (non-hydrogen) atoms. The Morgan fingerprint density at radius 2 is 2.00 bits per heavy atom. The normalized spacial score (nSPS) is 30.8. The van der Waals surface area contributed by atoms with Gasteiger partial charge in [0.2, 0.25) is 0 Å². The van der Waals surface area contributed by atoms with Crippen molar-refractivity contribution >= 4 is 0 Å². The lowest BCUT2D eigenvalue weighted by atomic mass is 10.00. The summed E-state index contributed by atoms with van der Waals surface area (Å²) in [7, 11) is 0. The third kappa shape index (κ3) is 1.99. The van der Waals surface area contributed by atoms with Crippen LogP contribution in [-0.2, 0) is 0 Å². The lowest BCUT2D eigenvalue weighted by Crippen LogP contribution is -2.28. The van der Waals surface area contributed by atoms with Crippen LogP contribution in [0.15, 0.2) is 10.7 Å².